The first kappa shape index (κ1) is 13.5. The van der Waals surface area contributed by atoms with E-state index in [1.54, 1.807) is 0 Å². The molecule has 4 aliphatic rings. The minimum atomic E-state index is -0.580. The number of hydrogen-bond acceptors (Lipinski definition) is 2. The second kappa shape index (κ2) is 4.19. The number of carbonyl (C=O) groups is 1. The molecule has 112 valence electrons. The Hall–Kier alpha value is -1.15. The molecule has 0 aromatic carbocycles. The van der Waals surface area contributed by atoms with E-state index in [0.29, 0.717) is 24.0 Å². The second-order valence-corrected chi connectivity index (χ2v) is 7.75. The van der Waals surface area contributed by atoms with E-state index in [2.05, 4.69) is 19.1 Å². The van der Waals surface area contributed by atoms with Crippen LogP contribution in [0.3, 0.4) is 0 Å². The average molecular weight is 284 g/mol. The summed E-state index contributed by atoms with van der Waals surface area (Å²) in [7, 11) is 0. The smallest absolute Gasteiger partial charge is 0.156 e. The molecule has 21 heavy (non-hydrogen) atoms. The van der Waals surface area contributed by atoms with Gasteiger partial charge in [-0.1, -0.05) is 19.1 Å². The van der Waals surface area contributed by atoms with Crippen LogP contribution in [0.2, 0.25) is 0 Å². The quantitative estimate of drug-likeness (QED) is 0.736. The van der Waals surface area contributed by atoms with Crippen molar-refractivity contribution in [3.8, 4) is 0 Å². The molecule has 4 atom stereocenters. The summed E-state index contributed by atoms with van der Waals surface area (Å²) in [4.78, 5) is 11.6. The van der Waals surface area contributed by atoms with E-state index >= 15 is 0 Å². The third-order valence-electron chi connectivity index (χ3n) is 6.78. The standard InChI is InChI=1S/C19H24O2/c1-18-9-7-15-14-6-4-13(20)11-12(14)3-5-16(15)17(18)8-10-19(18,2)21/h7,9,11,16-17,21H,3-6,8,10H2,1-2H3/t16?,17?,18-,19-/m0/s1. The Kier molecular flexibility index (Phi) is 2.70. The fraction of sp³-hybridized carbons (Fsp3) is 0.632. The monoisotopic (exact) mass is 284 g/mol. The van der Waals surface area contributed by atoms with Crippen LogP contribution in [0, 0.1) is 17.3 Å². The fourth-order valence-electron chi connectivity index (χ4n) is 5.24. The zero-order valence-electron chi connectivity index (χ0n) is 13.0. The largest absolute Gasteiger partial charge is 0.389 e. The van der Waals surface area contributed by atoms with Gasteiger partial charge in [0, 0.05) is 11.8 Å². The summed E-state index contributed by atoms with van der Waals surface area (Å²) in [6.07, 6.45) is 12.2. The van der Waals surface area contributed by atoms with E-state index in [-0.39, 0.29) is 5.41 Å². The summed E-state index contributed by atoms with van der Waals surface area (Å²) in [5.41, 5.74) is 3.53. The predicted molar refractivity (Wildman–Crippen MR) is 82.7 cm³/mol. The minimum Gasteiger partial charge on any atom is -0.389 e. The molecule has 0 amide bonds. The number of rotatable bonds is 0. The van der Waals surface area contributed by atoms with E-state index in [1.165, 1.54) is 16.7 Å². The van der Waals surface area contributed by atoms with Gasteiger partial charge >= 0.3 is 0 Å². The van der Waals surface area contributed by atoms with Crippen LogP contribution in [0.4, 0.5) is 0 Å². The van der Waals surface area contributed by atoms with Crippen LogP contribution >= 0.6 is 0 Å². The van der Waals surface area contributed by atoms with Crippen LogP contribution in [0.15, 0.2) is 34.9 Å². The highest BCUT2D eigenvalue weighted by Crippen LogP contribution is 2.60. The van der Waals surface area contributed by atoms with Gasteiger partial charge in [0.15, 0.2) is 5.78 Å². The van der Waals surface area contributed by atoms with E-state index in [0.717, 1.165) is 32.1 Å². The SMILES string of the molecule is C[C@]1(O)CCC2C3CCC4=CC(=O)CCC4=C3C=C[C@@]21C. The molecule has 0 aromatic heterocycles. The lowest BCUT2D eigenvalue weighted by atomic mass is 9.58. The molecule has 2 heteroatoms. The molecule has 0 aliphatic heterocycles. The van der Waals surface area contributed by atoms with Crippen LogP contribution in [0.5, 0.6) is 0 Å². The summed E-state index contributed by atoms with van der Waals surface area (Å²) < 4.78 is 0. The highest BCUT2D eigenvalue weighted by atomic mass is 16.3. The molecule has 0 aromatic rings. The highest BCUT2D eigenvalue weighted by Gasteiger charge is 2.56. The second-order valence-electron chi connectivity index (χ2n) is 7.75. The Morgan fingerprint density at radius 3 is 2.81 bits per heavy atom. The predicted octanol–water partition coefficient (Wildman–Crippen LogP) is 3.72. The molecule has 1 saturated carbocycles. The third kappa shape index (κ3) is 1.72. The van der Waals surface area contributed by atoms with Crippen molar-refractivity contribution in [2.24, 2.45) is 17.3 Å². The zero-order chi connectivity index (χ0) is 14.8. The summed E-state index contributed by atoms with van der Waals surface area (Å²) in [5.74, 6) is 1.43. The molecule has 1 N–H and O–H groups in total. The fourth-order valence-corrected chi connectivity index (χ4v) is 5.24. The Bertz CT molecular complexity index is 605. The van der Waals surface area contributed by atoms with Gasteiger partial charge < -0.3 is 5.11 Å². The lowest BCUT2D eigenvalue weighted by Crippen LogP contribution is -2.45. The van der Waals surface area contributed by atoms with Crippen molar-refractivity contribution in [3.63, 3.8) is 0 Å². The first-order valence-electron chi connectivity index (χ1n) is 8.31. The number of fused-ring (bicyclic) bond motifs is 4. The van der Waals surface area contributed by atoms with Gasteiger partial charge in [-0.05, 0) is 73.7 Å². The van der Waals surface area contributed by atoms with Crippen LogP contribution in [0.1, 0.15) is 52.4 Å². The number of hydrogen-bond donors (Lipinski definition) is 1. The summed E-state index contributed by atoms with van der Waals surface area (Å²) >= 11 is 0. The number of ketones is 1. The minimum absolute atomic E-state index is 0.0899. The molecule has 0 radical (unpaired) electrons. The molecular weight excluding hydrogens is 260 g/mol. The van der Waals surface area contributed by atoms with E-state index < -0.39 is 5.60 Å². The molecule has 2 nitrogen and oxygen atoms in total. The number of allylic oxidation sites excluding steroid dienone is 5. The lowest BCUT2D eigenvalue weighted by Gasteiger charge is -2.47. The third-order valence-corrected chi connectivity index (χ3v) is 6.78. The summed E-state index contributed by atoms with van der Waals surface area (Å²) in [6, 6.07) is 0. The van der Waals surface area contributed by atoms with Crippen molar-refractivity contribution >= 4 is 5.78 Å². The van der Waals surface area contributed by atoms with Crippen molar-refractivity contribution in [1.29, 1.82) is 0 Å². The number of carbonyl (C=O) groups excluding carboxylic acids is 1. The van der Waals surface area contributed by atoms with Gasteiger partial charge in [-0.3, -0.25) is 4.79 Å². The Balaban J connectivity index is 1.83. The maximum absolute atomic E-state index is 11.6. The molecule has 0 spiro atoms. The van der Waals surface area contributed by atoms with Crippen LogP contribution < -0.4 is 0 Å². The first-order chi connectivity index (χ1) is 9.92. The van der Waals surface area contributed by atoms with Gasteiger partial charge in [0.05, 0.1) is 5.60 Å². The normalized spacial score (nSPS) is 45.1. The molecule has 4 aliphatic carbocycles. The van der Waals surface area contributed by atoms with Crippen molar-refractivity contribution in [2.45, 2.75) is 58.0 Å². The zero-order valence-corrected chi connectivity index (χ0v) is 13.0. The number of aliphatic hydroxyl groups is 1. The Morgan fingerprint density at radius 1 is 1.19 bits per heavy atom. The van der Waals surface area contributed by atoms with Gasteiger partial charge in [-0.2, -0.15) is 0 Å². The first-order valence-corrected chi connectivity index (χ1v) is 8.31. The molecule has 0 saturated heterocycles. The summed E-state index contributed by atoms with van der Waals surface area (Å²) in [6.45, 7) is 4.24. The lowest BCUT2D eigenvalue weighted by molar-refractivity contribution is -0.114. The Labute approximate surface area is 126 Å². The molecular formula is C19H24O2. The highest BCUT2D eigenvalue weighted by molar-refractivity contribution is 5.93. The van der Waals surface area contributed by atoms with Gasteiger partial charge in [-0.25, -0.2) is 0 Å². The van der Waals surface area contributed by atoms with E-state index in [1.807, 2.05) is 13.0 Å². The maximum atomic E-state index is 11.6. The van der Waals surface area contributed by atoms with Crippen LogP contribution in [0.25, 0.3) is 0 Å². The molecule has 0 heterocycles. The van der Waals surface area contributed by atoms with E-state index in [9.17, 15) is 9.90 Å². The summed E-state index contributed by atoms with van der Waals surface area (Å²) in [5, 5.41) is 10.8. The van der Waals surface area contributed by atoms with Crippen LogP contribution in [-0.4, -0.2) is 16.5 Å². The van der Waals surface area contributed by atoms with Crippen molar-refractivity contribution in [3.05, 3.63) is 34.9 Å². The molecule has 4 rings (SSSR count). The topological polar surface area (TPSA) is 37.3 Å². The van der Waals surface area contributed by atoms with E-state index in [4.69, 9.17) is 0 Å². The molecule has 1 fully saturated rings. The van der Waals surface area contributed by atoms with Crippen molar-refractivity contribution in [2.75, 3.05) is 0 Å². The van der Waals surface area contributed by atoms with Gasteiger partial charge in [0.2, 0.25) is 0 Å². The van der Waals surface area contributed by atoms with Crippen molar-refractivity contribution in [1.82, 2.24) is 0 Å². The van der Waals surface area contributed by atoms with Crippen LogP contribution in [-0.2, 0) is 4.79 Å². The molecule has 2 unspecified atom stereocenters. The van der Waals surface area contributed by atoms with Gasteiger partial charge in [0.25, 0.3) is 0 Å². The Morgan fingerprint density at radius 2 is 2.00 bits per heavy atom. The van der Waals surface area contributed by atoms with Gasteiger partial charge in [0.1, 0.15) is 0 Å². The van der Waals surface area contributed by atoms with Gasteiger partial charge in [-0.15, -0.1) is 0 Å². The molecule has 0 bridgehead atoms. The van der Waals surface area contributed by atoms with Crippen molar-refractivity contribution < 1.29 is 9.90 Å². The average Bonchev–Trinajstić information content (AvgIpc) is 2.69. The maximum Gasteiger partial charge on any atom is 0.156 e.